The Morgan fingerprint density at radius 1 is 1.26 bits per heavy atom. The van der Waals surface area contributed by atoms with E-state index in [9.17, 15) is 9.59 Å². The SMILES string of the molecule is O=C(O)CC1(n2cncn2)CN(C(=O)OCc2ccccc2)C1. The van der Waals surface area contributed by atoms with Crippen LogP contribution in [0.4, 0.5) is 4.79 Å². The van der Waals surface area contributed by atoms with Crippen LogP contribution in [0.3, 0.4) is 0 Å². The Bertz CT molecular complexity index is 681. The van der Waals surface area contributed by atoms with E-state index in [-0.39, 0.29) is 26.1 Å². The molecule has 3 rings (SSSR count). The molecule has 0 unspecified atom stereocenters. The minimum Gasteiger partial charge on any atom is -0.481 e. The summed E-state index contributed by atoms with van der Waals surface area (Å²) >= 11 is 0. The van der Waals surface area contributed by atoms with E-state index < -0.39 is 17.6 Å². The van der Waals surface area contributed by atoms with E-state index in [4.69, 9.17) is 9.84 Å². The smallest absolute Gasteiger partial charge is 0.410 e. The topological polar surface area (TPSA) is 97.5 Å². The van der Waals surface area contributed by atoms with Crippen LogP contribution in [0.25, 0.3) is 0 Å². The molecule has 8 nitrogen and oxygen atoms in total. The molecule has 8 heteroatoms. The lowest BCUT2D eigenvalue weighted by molar-refractivity contribution is -0.142. The molecule has 23 heavy (non-hydrogen) atoms. The first-order chi connectivity index (χ1) is 11.1. The fourth-order valence-electron chi connectivity index (χ4n) is 2.68. The minimum absolute atomic E-state index is 0.126. The van der Waals surface area contributed by atoms with Crippen LogP contribution in [-0.4, -0.2) is 49.9 Å². The number of carboxylic acids is 1. The maximum atomic E-state index is 12.1. The monoisotopic (exact) mass is 316 g/mol. The normalized spacial score (nSPS) is 15.7. The number of hydrogen-bond acceptors (Lipinski definition) is 5. The minimum atomic E-state index is -0.946. The number of likely N-dealkylation sites (tertiary alicyclic amines) is 1. The quantitative estimate of drug-likeness (QED) is 0.887. The van der Waals surface area contributed by atoms with Crippen molar-refractivity contribution in [1.29, 1.82) is 0 Å². The van der Waals surface area contributed by atoms with Crippen LogP contribution in [0.2, 0.25) is 0 Å². The van der Waals surface area contributed by atoms with Crippen molar-refractivity contribution in [3.05, 3.63) is 48.5 Å². The van der Waals surface area contributed by atoms with Crippen LogP contribution in [-0.2, 0) is 21.7 Å². The molecule has 0 saturated carbocycles. The zero-order valence-electron chi connectivity index (χ0n) is 12.3. The van der Waals surface area contributed by atoms with E-state index in [0.717, 1.165) is 5.56 Å². The summed E-state index contributed by atoms with van der Waals surface area (Å²) in [4.78, 5) is 28.5. The van der Waals surface area contributed by atoms with Gasteiger partial charge in [-0.3, -0.25) is 4.79 Å². The predicted molar refractivity (Wildman–Crippen MR) is 78.4 cm³/mol. The van der Waals surface area contributed by atoms with Gasteiger partial charge in [-0.2, -0.15) is 5.10 Å². The van der Waals surface area contributed by atoms with Crippen LogP contribution in [0.5, 0.6) is 0 Å². The molecule has 120 valence electrons. The van der Waals surface area contributed by atoms with Crippen molar-refractivity contribution in [1.82, 2.24) is 19.7 Å². The summed E-state index contributed by atoms with van der Waals surface area (Å²) in [6.45, 7) is 0.651. The highest BCUT2D eigenvalue weighted by molar-refractivity contribution is 5.72. The highest BCUT2D eigenvalue weighted by atomic mass is 16.6. The second-order valence-electron chi connectivity index (χ2n) is 5.53. The van der Waals surface area contributed by atoms with Crippen LogP contribution >= 0.6 is 0 Å². The highest BCUT2D eigenvalue weighted by Crippen LogP contribution is 2.32. The maximum Gasteiger partial charge on any atom is 0.410 e. The van der Waals surface area contributed by atoms with Gasteiger partial charge in [0.25, 0.3) is 0 Å². The van der Waals surface area contributed by atoms with E-state index in [1.165, 1.54) is 22.2 Å². The Morgan fingerprint density at radius 2 is 2.00 bits per heavy atom. The van der Waals surface area contributed by atoms with Gasteiger partial charge in [0.2, 0.25) is 0 Å². The summed E-state index contributed by atoms with van der Waals surface area (Å²) < 4.78 is 6.74. The van der Waals surface area contributed by atoms with Crippen LogP contribution < -0.4 is 0 Å². The van der Waals surface area contributed by atoms with Crippen molar-refractivity contribution in [2.24, 2.45) is 0 Å². The molecule has 0 atom stereocenters. The van der Waals surface area contributed by atoms with Gasteiger partial charge in [0.05, 0.1) is 19.5 Å². The first-order valence-electron chi connectivity index (χ1n) is 7.12. The Labute approximate surface area is 132 Å². The molecule has 0 aliphatic carbocycles. The number of hydrogen-bond donors (Lipinski definition) is 1. The number of benzene rings is 1. The number of rotatable bonds is 5. The van der Waals surface area contributed by atoms with Gasteiger partial charge in [0.15, 0.2) is 0 Å². The van der Waals surface area contributed by atoms with Gasteiger partial charge in [-0.05, 0) is 5.56 Å². The Hall–Kier alpha value is -2.90. The number of carbonyl (C=O) groups is 2. The summed E-state index contributed by atoms with van der Waals surface area (Å²) in [6.07, 6.45) is 2.23. The molecule has 1 aliphatic rings. The zero-order chi connectivity index (χ0) is 16.3. The largest absolute Gasteiger partial charge is 0.481 e. The summed E-state index contributed by atoms with van der Waals surface area (Å²) in [5.74, 6) is -0.946. The maximum absolute atomic E-state index is 12.1. The van der Waals surface area contributed by atoms with Crippen molar-refractivity contribution in [3.8, 4) is 0 Å². The molecule has 1 saturated heterocycles. The molecule has 1 aromatic carbocycles. The molecular formula is C15H16N4O4. The third-order valence-corrected chi connectivity index (χ3v) is 3.82. The lowest BCUT2D eigenvalue weighted by Crippen LogP contribution is -2.65. The summed E-state index contributed by atoms with van der Waals surface area (Å²) in [5, 5.41) is 13.1. The van der Waals surface area contributed by atoms with Crippen molar-refractivity contribution in [2.45, 2.75) is 18.6 Å². The number of amides is 1. The number of aromatic nitrogens is 3. The number of carbonyl (C=O) groups excluding carboxylic acids is 1. The molecule has 1 amide bonds. The van der Waals surface area contributed by atoms with Crippen molar-refractivity contribution < 1.29 is 19.4 Å². The number of aliphatic carboxylic acids is 1. The molecule has 1 fully saturated rings. The third kappa shape index (κ3) is 3.15. The second kappa shape index (κ2) is 6.07. The lowest BCUT2D eigenvalue weighted by Gasteiger charge is -2.48. The second-order valence-corrected chi connectivity index (χ2v) is 5.53. The van der Waals surface area contributed by atoms with E-state index in [1.54, 1.807) is 0 Å². The van der Waals surface area contributed by atoms with Gasteiger partial charge >= 0.3 is 12.1 Å². The van der Waals surface area contributed by atoms with Gasteiger partial charge in [-0.1, -0.05) is 30.3 Å². The zero-order valence-corrected chi connectivity index (χ0v) is 12.3. The number of ether oxygens (including phenoxy) is 1. The van der Waals surface area contributed by atoms with E-state index in [0.29, 0.717) is 0 Å². The number of carboxylic acid groups (broad SMARTS) is 1. The first kappa shape index (κ1) is 15.0. The van der Waals surface area contributed by atoms with Gasteiger partial charge in [-0.25, -0.2) is 14.5 Å². The van der Waals surface area contributed by atoms with Crippen molar-refractivity contribution >= 4 is 12.1 Å². The summed E-state index contributed by atoms with van der Waals surface area (Å²) in [5.41, 5.74) is 0.142. The summed E-state index contributed by atoms with van der Waals surface area (Å²) in [6, 6.07) is 9.37. The predicted octanol–water partition coefficient (Wildman–Crippen LogP) is 1.10. The van der Waals surface area contributed by atoms with Crippen LogP contribution in [0.15, 0.2) is 43.0 Å². The number of nitrogens with zero attached hydrogens (tertiary/aromatic N) is 4. The fourth-order valence-corrected chi connectivity index (χ4v) is 2.68. The average Bonchev–Trinajstić information content (AvgIpc) is 3.03. The van der Waals surface area contributed by atoms with E-state index >= 15 is 0 Å². The summed E-state index contributed by atoms with van der Waals surface area (Å²) in [7, 11) is 0. The van der Waals surface area contributed by atoms with Gasteiger partial charge in [0.1, 0.15) is 24.8 Å². The fraction of sp³-hybridized carbons (Fsp3) is 0.333. The molecular weight excluding hydrogens is 300 g/mol. The van der Waals surface area contributed by atoms with E-state index in [2.05, 4.69) is 10.1 Å². The lowest BCUT2D eigenvalue weighted by atomic mass is 9.87. The van der Waals surface area contributed by atoms with Gasteiger partial charge < -0.3 is 14.7 Å². The molecule has 1 N–H and O–H groups in total. The van der Waals surface area contributed by atoms with Crippen molar-refractivity contribution in [3.63, 3.8) is 0 Å². The highest BCUT2D eigenvalue weighted by Gasteiger charge is 2.49. The van der Waals surface area contributed by atoms with Gasteiger partial charge in [0, 0.05) is 0 Å². The molecule has 1 aliphatic heterocycles. The molecule has 2 heterocycles. The molecule has 1 aromatic heterocycles. The average molecular weight is 316 g/mol. The standard InChI is InChI=1S/C15H16N4O4/c20-13(21)6-15(19-11-16-10-17-19)8-18(9-15)14(22)23-7-12-4-2-1-3-5-12/h1-5,10-11H,6-9H2,(H,20,21). The van der Waals surface area contributed by atoms with Crippen LogP contribution in [0, 0.1) is 0 Å². The molecule has 0 spiro atoms. The Kier molecular flexibility index (Phi) is 3.96. The van der Waals surface area contributed by atoms with Gasteiger partial charge in [-0.15, -0.1) is 0 Å². The molecule has 2 aromatic rings. The van der Waals surface area contributed by atoms with E-state index in [1.807, 2.05) is 30.3 Å². The molecule has 0 bridgehead atoms. The Morgan fingerprint density at radius 3 is 2.61 bits per heavy atom. The Balaban J connectivity index is 1.59. The third-order valence-electron chi connectivity index (χ3n) is 3.82. The first-order valence-corrected chi connectivity index (χ1v) is 7.12. The molecule has 0 radical (unpaired) electrons. The van der Waals surface area contributed by atoms with Crippen molar-refractivity contribution in [2.75, 3.05) is 13.1 Å². The van der Waals surface area contributed by atoms with Crippen LogP contribution in [0.1, 0.15) is 12.0 Å².